The summed E-state index contributed by atoms with van der Waals surface area (Å²) in [7, 11) is 0. The molecule has 7 nitrogen and oxygen atoms in total. The minimum atomic E-state index is -0.386. The number of ether oxygens (including phenoxy) is 1. The summed E-state index contributed by atoms with van der Waals surface area (Å²) < 4.78 is 11.2. The van der Waals surface area contributed by atoms with Gasteiger partial charge in [-0.3, -0.25) is 0 Å². The van der Waals surface area contributed by atoms with Crippen LogP contribution in [0.15, 0.2) is 40.9 Å². The average Bonchev–Trinajstić information content (AvgIpc) is 3.39. The van der Waals surface area contributed by atoms with E-state index in [1.165, 1.54) is 11.1 Å². The van der Waals surface area contributed by atoms with Gasteiger partial charge in [-0.2, -0.15) is 10.2 Å². The van der Waals surface area contributed by atoms with Gasteiger partial charge in [0.25, 0.3) is 5.89 Å². The lowest BCUT2D eigenvalue weighted by Crippen LogP contribution is -2.27. The number of hydrogen-bond acceptors (Lipinski definition) is 7. The lowest BCUT2D eigenvalue weighted by Gasteiger charge is -2.15. The van der Waals surface area contributed by atoms with Crippen molar-refractivity contribution in [2.24, 2.45) is 0 Å². The Kier molecular flexibility index (Phi) is 6.03. The smallest absolute Gasteiger partial charge is 0.258 e. The van der Waals surface area contributed by atoms with Gasteiger partial charge in [-0.1, -0.05) is 23.4 Å². The standard InChI is InChI=1S/C24H26N4O3/c1-14(2)30-22-10-7-16(11-17(22)12-25)24-27-23(28-31-24)20-6-4-5-19-18(20)8-9-21(19)26-13-15(3)29/h4-7,10-11,14-15,21,26,29H,8-9,13H2,1-3H3/t15-,21?/m0/s1. The summed E-state index contributed by atoms with van der Waals surface area (Å²) in [5.74, 6) is 1.43. The molecule has 1 aromatic heterocycles. The van der Waals surface area contributed by atoms with Gasteiger partial charge in [0.15, 0.2) is 0 Å². The molecule has 0 aliphatic heterocycles. The maximum Gasteiger partial charge on any atom is 0.258 e. The summed E-state index contributed by atoms with van der Waals surface area (Å²) in [6.45, 7) is 6.17. The van der Waals surface area contributed by atoms with Crippen molar-refractivity contribution in [3.05, 3.63) is 53.1 Å². The lowest BCUT2D eigenvalue weighted by atomic mass is 10.0. The molecule has 0 bridgehead atoms. The summed E-state index contributed by atoms with van der Waals surface area (Å²) in [5.41, 5.74) is 4.48. The number of fused-ring (bicyclic) bond motifs is 1. The quantitative estimate of drug-likeness (QED) is 0.597. The lowest BCUT2D eigenvalue weighted by molar-refractivity contribution is 0.186. The Morgan fingerprint density at radius 2 is 2.13 bits per heavy atom. The summed E-state index contributed by atoms with van der Waals surface area (Å²) >= 11 is 0. The minimum absolute atomic E-state index is 0.0213. The molecule has 1 aliphatic carbocycles. The SMILES string of the molecule is CC(C)Oc1ccc(-c2nc(-c3cccc4c3CCC4NC[C@H](C)O)no2)cc1C#N. The third-order valence-electron chi connectivity index (χ3n) is 5.31. The van der Waals surface area contributed by atoms with Gasteiger partial charge in [0.2, 0.25) is 5.82 Å². The van der Waals surface area contributed by atoms with E-state index in [1.807, 2.05) is 32.0 Å². The van der Waals surface area contributed by atoms with Gasteiger partial charge in [0.05, 0.1) is 17.8 Å². The van der Waals surface area contributed by atoms with Gasteiger partial charge in [-0.15, -0.1) is 0 Å². The number of aliphatic hydroxyl groups excluding tert-OH is 1. The molecule has 0 radical (unpaired) electrons. The van der Waals surface area contributed by atoms with Crippen molar-refractivity contribution < 1.29 is 14.4 Å². The van der Waals surface area contributed by atoms with E-state index in [4.69, 9.17) is 9.26 Å². The van der Waals surface area contributed by atoms with Crippen molar-refractivity contribution in [1.82, 2.24) is 15.5 Å². The van der Waals surface area contributed by atoms with E-state index in [-0.39, 0.29) is 18.2 Å². The third-order valence-corrected chi connectivity index (χ3v) is 5.31. The van der Waals surface area contributed by atoms with Crippen LogP contribution in [0.3, 0.4) is 0 Å². The molecule has 7 heteroatoms. The second kappa shape index (κ2) is 8.88. The molecule has 3 aromatic rings. The molecule has 0 amide bonds. The van der Waals surface area contributed by atoms with Crippen molar-refractivity contribution in [1.29, 1.82) is 5.26 Å². The highest BCUT2D eigenvalue weighted by Crippen LogP contribution is 2.37. The maximum absolute atomic E-state index is 9.58. The molecular weight excluding hydrogens is 392 g/mol. The second-order valence-electron chi connectivity index (χ2n) is 8.13. The van der Waals surface area contributed by atoms with Crippen LogP contribution in [0.25, 0.3) is 22.8 Å². The number of aromatic nitrogens is 2. The molecule has 4 rings (SSSR count). The van der Waals surface area contributed by atoms with E-state index in [0.717, 1.165) is 18.4 Å². The number of aliphatic hydroxyl groups is 1. The average molecular weight is 418 g/mol. The van der Waals surface area contributed by atoms with Crippen molar-refractivity contribution >= 4 is 0 Å². The molecular formula is C24H26N4O3. The molecule has 2 atom stereocenters. The van der Waals surface area contributed by atoms with Gasteiger partial charge in [-0.05, 0) is 62.9 Å². The molecule has 0 saturated carbocycles. The summed E-state index contributed by atoms with van der Waals surface area (Å²) in [4.78, 5) is 4.61. The van der Waals surface area contributed by atoms with E-state index in [1.54, 1.807) is 19.1 Å². The van der Waals surface area contributed by atoms with Crippen LogP contribution in [0.2, 0.25) is 0 Å². The fourth-order valence-corrected chi connectivity index (χ4v) is 3.95. The number of benzene rings is 2. The molecule has 1 aliphatic rings. The van der Waals surface area contributed by atoms with E-state index < -0.39 is 0 Å². The largest absolute Gasteiger partial charge is 0.490 e. The molecule has 0 saturated heterocycles. The Morgan fingerprint density at radius 3 is 2.87 bits per heavy atom. The zero-order chi connectivity index (χ0) is 22.0. The Hall–Kier alpha value is -3.21. The predicted molar refractivity (Wildman–Crippen MR) is 116 cm³/mol. The molecule has 160 valence electrons. The molecule has 0 fully saturated rings. The molecule has 0 spiro atoms. The van der Waals surface area contributed by atoms with Gasteiger partial charge in [0, 0.05) is 23.7 Å². The maximum atomic E-state index is 9.58. The Balaban J connectivity index is 1.61. The first-order chi connectivity index (χ1) is 15.0. The highest BCUT2D eigenvalue weighted by molar-refractivity contribution is 5.67. The number of nitrogens with zero attached hydrogens (tertiary/aromatic N) is 3. The Morgan fingerprint density at radius 1 is 1.29 bits per heavy atom. The van der Waals surface area contributed by atoms with E-state index in [0.29, 0.717) is 35.1 Å². The van der Waals surface area contributed by atoms with Gasteiger partial charge >= 0.3 is 0 Å². The van der Waals surface area contributed by atoms with Crippen LogP contribution in [0.1, 0.15) is 49.9 Å². The summed E-state index contributed by atoms with van der Waals surface area (Å²) in [6, 6.07) is 13.8. The van der Waals surface area contributed by atoms with Crippen molar-refractivity contribution in [2.45, 2.75) is 51.9 Å². The highest BCUT2D eigenvalue weighted by atomic mass is 16.5. The Labute approximate surface area is 181 Å². The van der Waals surface area contributed by atoms with E-state index in [9.17, 15) is 10.4 Å². The first-order valence-electron chi connectivity index (χ1n) is 10.5. The zero-order valence-corrected chi connectivity index (χ0v) is 17.9. The van der Waals surface area contributed by atoms with Crippen LogP contribution < -0.4 is 10.1 Å². The number of nitrogens with one attached hydrogen (secondary N) is 1. The van der Waals surface area contributed by atoms with Crippen LogP contribution in [-0.2, 0) is 6.42 Å². The predicted octanol–water partition coefficient (Wildman–Crippen LogP) is 4.02. The third kappa shape index (κ3) is 4.46. The zero-order valence-electron chi connectivity index (χ0n) is 17.9. The number of nitriles is 1. The minimum Gasteiger partial charge on any atom is -0.490 e. The van der Waals surface area contributed by atoms with Gasteiger partial charge in [0.1, 0.15) is 11.8 Å². The number of rotatable bonds is 7. The molecule has 31 heavy (non-hydrogen) atoms. The van der Waals surface area contributed by atoms with Crippen LogP contribution in [0.5, 0.6) is 5.75 Å². The topological polar surface area (TPSA) is 104 Å². The van der Waals surface area contributed by atoms with Crippen LogP contribution in [0.4, 0.5) is 0 Å². The molecule has 2 aromatic carbocycles. The van der Waals surface area contributed by atoms with Crippen molar-refractivity contribution in [2.75, 3.05) is 6.54 Å². The van der Waals surface area contributed by atoms with Crippen molar-refractivity contribution in [3.8, 4) is 34.7 Å². The molecule has 1 unspecified atom stereocenters. The van der Waals surface area contributed by atoms with Crippen molar-refractivity contribution in [3.63, 3.8) is 0 Å². The summed E-state index contributed by atoms with van der Waals surface area (Å²) in [5, 5.41) is 26.7. The van der Waals surface area contributed by atoms with Crippen LogP contribution in [0, 0.1) is 11.3 Å². The number of hydrogen-bond donors (Lipinski definition) is 2. The van der Waals surface area contributed by atoms with E-state index in [2.05, 4.69) is 27.6 Å². The first kappa shape index (κ1) is 21.0. The van der Waals surface area contributed by atoms with Gasteiger partial charge in [-0.25, -0.2) is 0 Å². The molecule has 2 N–H and O–H groups in total. The molecule has 1 heterocycles. The fraction of sp³-hybridized carbons (Fsp3) is 0.375. The Bertz CT molecular complexity index is 1110. The first-order valence-corrected chi connectivity index (χ1v) is 10.5. The van der Waals surface area contributed by atoms with Crippen LogP contribution in [-0.4, -0.2) is 34.0 Å². The summed E-state index contributed by atoms with van der Waals surface area (Å²) in [6.07, 6.45) is 1.47. The van der Waals surface area contributed by atoms with Gasteiger partial charge < -0.3 is 19.7 Å². The second-order valence-corrected chi connectivity index (χ2v) is 8.13. The van der Waals surface area contributed by atoms with Crippen LogP contribution >= 0.6 is 0 Å². The normalized spacial score (nSPS) is 16.2. The van der Waals surface area contributed by atoms with E-state index >= 15 is 0 Å². The highest BCUT2D eigenvalue weighted by Gasteiger charge is 2.26. The fourth-order valence-electron chi connectivity index (χ4n) is 3.95. The monoisotopic (exact) mass is 418 g/mol.